The highest BCUT2D eigenvalue weighted by molar-refractivity contribution is 14.0. The van der Waals surface area contributed by atoms with Crippen LogP contribution in [0.3, 0.4) is 0 Å². The van der Waals surface area contributed by atoms with E-state index in [1.807, 2.05) is 11.0 Å². The number of carbonyl (C=O) groups is 1. The van der Waals surface area contributed by atoms with Gasteiger partial charge in [-0.2, -0.15) is 0 Å². The molecule has 7 heteroatoms. The van der Waals surface area contributed by atoms with Gasteiger partial charge < -0.3 is 20.4 Å². The van der Waals surface area contributed by atoms with Crippen LogP contribution in [-0.2, 0) is 4.79 Å². The Balaban J connectivity index is 0.00000243. The fraction of sp³-hybridized carbons (Fsp3) is 0.474. The summed E-state index contributed by atoms with van der Waals surface area (Å²) in [5.41, 5.74) is 1.22. The van der Waals surface area contributed by atoms with Gasteiger partial charge in [-0.05, 0) is 25.0 Å². The van der Waals surface area contributed by atoms with Crippen molar-refractivity contribution in [1.82, 2.24) is 15.5 Å². The van der Waals surface area contributed by atoms with Crippen molar-refractivity contribution in [3.63, 3.8) is 0 Å². The summed E-state index contributed by atoms with van der Waals surface area (Å²) in [6, 6.07) is 10.7. The predicted octanol–water partition coefficient (Wildman–Crippen LogP) is 1.84. The van der Waals surface area contributed by atoms with Gasteiger partial charge in [0, 0.05) is 45.0 Å². The molecule has 2 aliphatic rings. The SMILES string of the molecule is CN=C(NCC(=O)N1CCN(c2ccccc2)CC1)NC1CC=CC1.I. The lowest BCUT2D eigenvalue weighted by Gasteiger charge is -2.36. The summed E-state index contributed by atoms with van der Waals surface area (Å²) in [4.78, 5) is 20.9. The van der Waals surface area contributed by atoms with E-state index >= 15 is 0 Å². The Hall–Kier alpha value is -1.77. The van der Waals surface area contributed by atoms with E-state index in [1.54, 1.807) is 7.05 Å². The largest absolute Gasteiger partial charge is 0.368 e. The average Bonchev–Trinajstić information content (AvgIpc) is 3.19. The topological polar surface area (TPSA) is 60.0 Å². The van der Waals surface area contributed by atoms with Gasteiger partial charge in [-0.25, -0.2) is 0 Å². The molecule has 142 valence electrons. The highest BCUT2D eigenvalue weighted by Crippen LogP contribution is 2.15. The quantitative estimate of drug-likeness (QED) is 0.306. The molecule has 1 fully saturated rings. The molecule has 0 atom stereocenters. The Morgan fingerprint density at radius 1 is 1.12 bits per heavy atom. The number of nitrogens with zero attached hydrogens (tertiary/aromatic N) is 3. The minimum Gasteiger partial charge on any atom is -0.368 e. The number of guanidine groups is 1. The van der Waals surface area contributed by atoms with E-state index in [2.05, 4.69) is 56.9 Å². The summed E-state index contributed by atoms with van der Waals surface area (Å²) >= 11 is 0. The van der Waals surface area contributed by atoms with E-state index in [0.29, 0.717) is 12.0 Å². The molecule has 1 aliphatic heterocycles. The summed E-state index contributed by atoms with van der Waals surface area (Å²) in [7, 11) is 1.74. The van der Waals surface area contributed by atoms with Crippen molar-refractivity contribution >= 4 is 41.5 Å². The number of para-hydroxylation sites is 1. The summed E-state index contributed by atoms with van der Waals surface area (Å²) < 4.78 is 0. The number of nitrogens with one attached hydrogen (secondary N) is 2. The van der Waals surface area contributed by atoms with Gasteiger partial charge in [-0.3, -0.25) is 9.79 Å². The normalized spacial score (nSPS) is 17.8. The number of hydrogen-bond donors (Lipinski definition) is 2. The van der Waals surface area contributed by atoms with Gasteiger partial charge >= 0.3 is 0 Å². The lowest BCUT2D eigenvalue weighted by molar-refractivity contribution is -0.130. The van der Waals surface area contributed by atoms with Crippen molar-refractivity contribution in [2.45, 2.75) is 18.9 Å². The summed E-state index contributed by atoms with van der Waals surface area (Å²) in [6.07, 6.45) is 6.36. The van der Waals surface area contributed by atoms with Gasteiger partial charge in [-0.1, -0.05) is 30.4 Å². The van der Waals surface area contributed by atoms with Crippen LogP contribution < -0.4 is 15.5 Å². The maximum atomic E-state index is 12.4. The second-order valence-electron chi connectivity index (χ2n) is 6.41. The third kappa shape index (κ3) is 5.62. The highest BCUT2D eigenvalue weighted by Gasteiger charge is 2.21. The number of aliphatic imine (C=N–C) groups is 1. The monoisotopic (exact) mass is 469 g/mol. The first-order valence-electron chi connectivity index (χ1n) is 8.96. The molecule has 0 unspecified atom stereocenters. The molecule has 1 saturated heterocycles. The van der Waals surface area contributed by atoms with Gasteiger partial charge in [0.1, 0.15) is 0 Å². The molecule has 26 heavy (non-hydrogen) atoms. The number of amides is 1. The Bertz CT molecular complexity index is 618. The van der Waals surface area contributed by atoms with Gasteiger partial charge in [0.2, 0.25) is 5.91 Å². The fourth-order valence-corrected chi connectivity index (χ4v) is 3.25. The molecule has 0 aromatic heterocycles. The van der Waals surface area contributed by atoms with Crippen LogP contribution in [0.2, 0.25) is 0 Å². The van der Waals surface area contributed by atoms with Gasteiger partial charge in [0.15, 0.2) is 5.96 Å². The zero-order valence-corrected chi connectivity index (χ0v) is 17.6. The minimum absolute atomic E-state index is 0. The number of halogens is 1. The molecule has 1 aromatic carbocycles. The average molecular weight is 469 g/mol. The lowest BCUT2D eigenvalue weighted by atomic mass is 10.2. The van der Waals surface area contributed by atoms with Crippen LogP contribution in [-0.4, -0.2) is 62.6 Å². The van der Waals surface area contributed by atoms with Crippen molar-refractivity contribution in [3.8, 4) is 0 Å². The van der Waals surface area contributed by atoms with Crippen LogP contribution >= 0.6 is 24.0 Å². The second-order valence-corrected chi connectivity index (χ2v) is 6.41. The maximum Gasteiger partial charge on any atom is 0.242 e. The fourth-order valence-electron chi connectivity index (χ4n) is 3.25. The molecule has 6 nitrogen and oxygen atoms in total. The summed E-state index contributed by atoms with van der Waals surface area (Å²) in [6.45, 7) is 3.54. The van der Waals surface area contributed by atoms with Crippen molar-refractivity contribution < 1.29 is 4.79 Å². The standard InChI is InChI=1S/C19H27N5O.HI/c1-20-19(22-16-7-5-6-8-16)21-15-18(25)24-13-11-23(12-14-24)17-9-3-2-4-10-17;/h2-6,9-10,16H,7-8,11-15H2,1H3,(H2,20,21,22);1H. The number of piperazine rings is 1. The summed E-state index contributed by atoms with van der Waals surface area (Å²) in [5.74, 6) is 0.824. The van der Waals surface area contributed by atoms with Crippen molar-refractivity contribution in [3.05, 3.63) is 42.5 Å². The molecule has 0 bridgehead atoms. The highest BCUT2D eigenvalue weighted by atomic mass is 127. The molecule has 1 heterocycles. The molecule has 1 amide bonds. The second kappa shape index (κ2) is 10.4. The van der Waals surface area contributed by atoms with Crippen LogP contribution in [0.4, 0.5) is 5.69 Å². The van der Waals surface area contributed by atoms with Crippen molar-refractivity contribution in [2.24, 2.45) is 4.99 Å². The third-order valence-electron chi connectivity index (χ3n) is 4.73. The van der Waals surface area contributed by atoms with E-state index < -0.39 is 0 Å². The van der Waals surface area contributed by atoms with Crippen molar-refractivity contribution in [2.75, 3.05) is 44.7 Å². The molecule has 2 N–H and O–H groups in total. The molecule has 0 spiro atoms. The molecule has 1 aliphatic carbocycles. The smallest absolute Gasteiger partial charge is 0.242 e. The maximum absolute atomic E-state index is 12.4. The zero-order chi connectivity index (χ0) is 17.5. The number of benzene rings is 1. The minimum atomic E-state index is 0. The van der Waals surface area contributed by atoms with E-state index in [9.17, 15) is 4.79 Å². The number of hydrogen-bond acceptors (Lipinski definition) is 3. The molecular formula is C19H28IN5O. The first-order chi connectivity index (χ1) is 12.3. The first kappa shape index (κ1) is 20.5. The van der Waals surface area contributed by atoms with E-state index in [1.165, 1.54) is 5.69 Å². The van der Waals surface area contributed by atoms with Gasteiger partial charge in [0.05, 0.1) is 6.54 Å². The lowest BCUT2D eigenvalue weighted by Crippen LogP contribution is -2.52. The molecule has 0 saturated carbocycles. The number of carbonyl (C=O) groups excluding carboxylic acids is 1. The Morgan fingerprint density at radius 3 is 2.38 bits per heavy atom. The zero-order valence-electron chi connectivity index (χ0n) is 15.2. The number of anilines is 1. The molecule has 1 aromatic rings. The van der Waals surface area contributed by atoms with Crippen LogP contribution in [0.1, 0.15) is 12.8 Å². The number of rotatable bonds is 4. The van der Waals surface area contributed by atoms with Gasteiger partial charge in [-0.15, -0.1) is 24.0 Å². The van der Waals surface area contributed by atoms with Crippen LogP contribution in [0, 0.1) is 0 Å². The molecule has 0 radical (unpaired) electrons. The molecular weight excluding hydrogens is 441 g/mol. The first-order valence-corrected chi connectivity index (χ1v) is 8.96. The Kier molecular flexibility index (Phi) is 8.21. The van der Waals surface area contributed by atoms with Crippen LogP contribution in [0.5, 0.6) is 0 Å². The summed E-state index contributed by atoms with van der Waals surface area (Å²) in [5, 5.41) is 6.49. The van der Waals surface area contributed by atoms with Gasteiger partial charge in [0.25, 0.3) is 0 Å². The van der Waals surface area contributed by atoms with E-state index in [4.69, 9.17) is 0 Å². The van der Waals surface area contributed by atoms with Crippen LogP contribution in [0.25, 0.3) is 0 Å². The Labute approximate surface area is 172 Å². The van der Waals surface area contributed by atoms with Crippen LogP contribution in [0.15, 0.2) is 47.5 Å². The van der Waals surface area contributed by atoms with E-state index in [0.717, 1.165) is 39.0 Å². The predicted molar refractivity (Wildman–Crippen MR) is 117 cm³/mol. The van der Waals surface area contributed by atoms with Crippen molar-refractivity contribution in [1.29, 1.82) is 0 Å². The molecule has 3 rings (SSSR count). The van der Waals surface area contributed by atoms with E-state index in [-0.39, 0.29) is 36.4 Å². The third-order valence-corrected chi connectivity index (χ3v) is 4.73. The Morgan fingerprint density at radius 2 is 1.77 bits per heavy atom.